The first-order chi connectivity index (χ1) is 13.7. The Balaban J connectivity index is 1.71. The summed E-state index contributed by atoms with van der Waals surface area (Å²) in [5, 5.41) is 0.701. The molecule has 28 heavy (non-hydrogen) atoms. The van der Waals surface area contributed by atoms with Crippen LogP contribution in [0.25, 0.3) is 11.8 Å². The van der Waals surface area contributed by atoms with Gasteiger partial charge in [-0.05, 0) is 60.4 Å². The molecule has 0 unspecified atom stereocenters. The Hall–Kier alpha value is -2.52. The minimum Gasteiger partial charge on any atom is -0.497 e. The quantitative estimate of drug-likeness (QED) is 0.601. The number of carbonyl (C=O) groups excluding carboxylic acids is 1. The van der Waals surface area contributed by atoms with Gasteiger partial charge in [-0.25, -0.2) is 0 Å². The predicted octanol–water partition coefficient (Wildman–Crippen LogP) is 5.95. The van der Waals surface area contributed by atoms with Gasteiger partial charge in [-0.3, -0.25) is 4.79 Å². The molecule has 144 valence electrons. The number of benzene rings is 2. The second kappa shape index (κ2) is 8.24. The van der Waals surface area contributed by atoms with Crippen molar-refractivity contribution in [3.8, 4) is 5.75 Å². The molecule has 0 atom stereocenters. The number of methoxy groups -OCH3 is 1. The zero-order valence-corrected chi connectivity index (χ0v) is 16.8. The minimum absolute atomic E-state index is 0.0904. The van der Waals surface area contributed by atoms with Crippen LogP contribution in [0, 0.1) is 0 Å². The number of amides is 1. The van der Waals surface area contributed by atoms with E-state index in [1.165, 1.54) is 19.3 Å². The maximum atomic E-state index is 13.3. The summed E-state index contributed by atoms with van der Waals surface area (Å²) in [6, 6.07) is 15.8. The summed E-state index contributed by atoms with van der Waals surface area (Å²) < 4.78 is 5.22. The Morgan fingerprint density at radius 1 is 1.00 bits per heavy atom. The van der Waals surface area contributed by atoms with Crippen LogP contribution in [-0.4, -0.2) is 24.0 Å². The molecule has 3 nitrogen and oxygen atoms in total. The Morgan fingerprint density at radius 2 is 1.68 bits per heavy atom. The van der Waals surface area contributed by atoms with Crippen LogP contribution in [0.3, 0.4) is 0 Å². The van der Waals surface area contributed by atoms with Gasteiger partial charge in [-0.2, -0.15) is 0 Å². The lowest BCUT2D eigenvalue weighted by molar-refractivity contribution is -0.125. The highest BCUT2D eigenvalue weighted by atomic mass is 35.5. The third-order valence-electron chi connectivity index (χ3n) is 5.54. The average molecular weight is 394 g/mol. The molecule has 1 amide bonds. The van der Waals surface area contributed by atoms with Crippen LogP contribution in [0.4, 0.5) is 0 Å². The summed E-state index contributed by atoms with van der Waals surface area (Å²) >= 11 is 6.07. The Bertz CT molecular complexity index is 907. The monoisotopic (exact) mass is 393 g/mol. The van der Waals surface area contributed by atoms with Crippen LogP contribution in [0.2, 0.25) is 5.02 Å². The number of nitrogens with zero attached hydrogens (tertiary/aromatic N) is 1. The number of carbonyl (C=O) groups is 1. The van der Waals surface area contributed by atoms with Gasteiger partial charge in [0.1, 0.15) is 5.75 Å². The molecule has 1 aliphatic carbocycles. The van der Waals surface area contributed by atoms with E-state index in [4.69, 9.17) is 16.3 Å². The van der Waals surface area contributed by atoms with Crippen LogP contribution in [-0.2, 0) is 4.79 Å². The lowest BCUT2D eigenvalue weighted by Gasteiger charge is -2.33. The van der Waals surface area contributed by atoms with Gasteiger partial charge in [0.25, 0.3) is 5.91 Å². The van der Waals surface area contributed by atoms with E-state index in [2.05, 4.69) is 0 Å². The van der Waals surface area contributed by atoms with E-state index in [1.807, 2.05) is 65.6 Å². The molecule has 1 saturated carbocycles. The maximum absolute atomic E-state index is 13.3. The fraction of sp³-hybridized carbons (Fsp3) is 0.292. The number of ether oxygens (including phenoxy) is 1. The third kappa shape index (κ3) is 3.85. The normalized spacial score (nSPS) is 19.2. The SMILES string of the molecule is COc1ccc(/C=C2/C=C(c3ccc(Cl)cc3)N(C3CCCCC3)C2=O)cc1. The topological polar surface area (TPSA) is 29.5 Å². The van der Waals surface area contributed by atoms with E-state index in [0.29, 0.717) is 5.02 Å². The lowest BCUT2D eigenvalue weighted by Crippen LogP contribution is -2.37. The average Bonchev–Trinajstić information content (AvgIpc) is 3.06. The molecule has 1 aliphatic heterocycles. The van der Waals surface area contributed by atoms with Gasteiger partial charge in [-0.1, -0.05) is 55.1 Å². The molecular weight excluding hydrogens is 370 g/mol. The highest BCUT2D eigenvalue weighted by molar-refractivity contribution is 6.30. The zero-order chi connectivity index (χ0) is 19.5. The summed E-state index contributed by atoms with van der Waals surface area (Å²) in [5.41, 5.74) is 3.72. The molecular formula is C24H24ClNO2. The summed E-state index contributed by atoms with van der Waals surface area (Å²) in [6.45, 7) is 0. The first-order valence-corrected chi connectivity index (χ1v) is 10.2. The van der Waals surface area contributed by atoms with Gasteiger partial charge >= 0.3 is 0 Å². The van der Waals surface area contributed by atoms with E-state index in [-0.39, 0.29) is 11.9 Å². The highest BCUT2D eigenvalue weighted by Crippen LogP contribution is 2.37. The molecule has 4 heteroatoms. The Kier molecular flexibility index (Phi) is 5.54. The second-order valence-corrected chi connectivity index (χ2v) is 7.81. The fourth-order valence-corrected chi connectivity index (χ4v) is 4.18. The molecule has 2 aromatic rings. The van der Waals surface area contributed by atoms with Gasteiger partial charge in [0.15, 0.2) is 0 Å². The lowest BCUT2D eigenvalue weighted by atomic mass is 9.93. The molecule has 0 bridgehead atoms. The minimum atomic E-state index is 0.0904. The molecule has 1 fully saturated rings. The van der Waals surface area contributed by atoms with Crippen LogP contribution in [0.15, 0.2) is 60.2 Å². The van der Waals surface area contributed by atoms with E-state index >= 15 is 0 Å². The first kappa shape index (κ1) is 18.8. The van der Waals surface area contributed by atoms with E-state index in [1.54, 1.807) is 7.11 Å². The van der Waals surface area contributed by atoms with Crippen LogP contribution >= 0.6 is 11.6 Å². The predicted molar refractivity (Wildman–Crippen MR) is 114 cm³/mol. The van der Waals surface area contributed by atoms with Gasteiger partial charge in [0.05, 0.1) is 12.8 Å². The fourth-order valence-electron chi connectivity index (χ4n) is 4.05. The van der Waals surface area contributed by atoms with E-state index in [9.17, 15) is 4.79 Å². The van der Waals surface area contributed by atoms with Crippen molar-refractivity contribution in [1.82, 2.24) is 4.90 Å². The van der Waals surface area contributed by atoms with Crippen molar-refractivity contribution in [1.29, 1.82) is 0 Å². The van der Waals surface area contributed by atoms with Gasteiger partial charge < -0.3 is 9.64 Å². The maximum Gasteiger partial charge on any atom is 0.258 e. The number of hydrogen-bond acceptors (Lipinski definition) is 2. The Labute approximate surface area is 171 Å². The van der Waals surface area contributed by atoms with E-state index < -0.39 is 0 Å². The molecule has 0 N–H and O–H groups in total. The third-order valence-corrected chi connectivity index (χ3v) is 5.79. The first-order valence-electron chi connectivity index (χ1n) is 9.82. The number of halogens is 1. The highest BCUT2D eigenvalue weighted by Gasteiger charge is 2.35. The summed E-state index contributed by atoms with van der Waals surface area (Å²) in [6.07, 6.45) is 9.72. The van der Waals surface area contributed by atoms with Crippen molar-refractivity contribution in [2.24, 2.45) is 0 Å². The smallest absolute Gasteiger partial charge is 0.258 e. The summed E-state index contributed by atoms with van der Waals surface area (Å²) in [4.78, 5) is 15.3. The van der Waals surface area contributed by atoms with E-state index in [0.717, 1.165) is 41.0 Å². The molecule has 0 radical (unpaired) electrons. The molecule has 1 heterocycles. The van der Waals surface area contributed by atoms with Crippen molar-refractivity contribution in [2.75, 3.05) is 7.11 Å². The van der Waals surface area contributed by atoms with Gasteiger partial charge in [0, 0.05) is 16.6 Å². The van der Waals surface area contributed by atoms with Gasteiger partial charge in [-0.15, -0.1) is 0 Å². The van der Waals surface area contributed by atoms with Crippen molar-refractivity contribution in [2.45, 2.75) is 38.1 Å². The summed E-state index contributed by atoms with van der Waals surface area (Å²) in [7, 11) is 1.65. The second-order valence-electron chi connectivity index (χ2n) is 7.38. The number of rotatable bonds is 4. The van der Waals surface area contributed by atoms with Gasteiger partial charge in [0.2, 0.25) is 0 Å². The van der Waals surface area contributed by atoms with Crippen molar-refractivity contribution in [3.63, 3.8) is 0 Å². The zero-order valence-electron chi connectivity index (χ0n) is 16.0. The Morgan fingerprint density at radius 3 is 2.32 bits per heavy atom. The largest absolute Gasteiger partial charge is 0.497 e. The summed E-state index contributed by atoms with van der Waals surface area (Å²) in [5.74, 6) is 0.897. The standard InChI is InChI=1S/C24H24ClNO2/c1-28-22-13-7-17(8-14-22)15-19-16-23(18-9-11-20(25)12-10-18)26(24(19)27)21-5-3-2-4-6-21/h7-16,21H,2-6H2,1H3/b19-15-. The number of hydrogen-bond donors (Lipinski definition) is 0. The van der Waals surface area contributed by atoms with Crippen LogP contribution in [0.5, 0.6) is 5.75 Å². The molecule has 2 aliphatic rings. The molecule has 0 spiro atoms. The van der Waals surface area contributed by atoms with Crippen molar-refractivity contribution in [3.05, 3.63) is 76.3 Å². The van der Waals surface area contributed by atoms with Crippen LogP contribution < -0.4 is 4.74 Å². The molecule has 2 aromatic carbocycles. The van der Waals surface area contributed by atoms with Crippen LogP contribution in [0.1, 0.15) is 43.2 Å². The molecule has 0 aromatic heterocycles. The molecule has 4 rings (SSSR count). The molecule has 0 saturated heterocycles. The van der Waals surface area contributed by atoms with Crippen molar-refractivity contribution < 1.29 is 9.53 Å². The van der Waals surface area contributed by atoms with Crippen molar-refractivity contribution >= 4 is 29.3 Å².